The molecule has 0 atom stereocenters. The van der Waals surface area contributed by atoms with Crippen molar-refractivity contribution in [2.45, 2.75) is 0 Å². The van der Waals surface area contributed by atoms with Gasteiger partial charge in [0.1, 0.15) is 30.7 Å². The second-order valence-electron chi connectivity index (χ2n) is 5.00. The lowest BCUT2D eigenvalue weighted by molar-refractivity contribution is -0.112. The molecule has 0 spiro atoms. The topological polar surface area (TPSA) is 71.3 Å². The summed E-state index contributed by atoms with van der Waals surface area (Å²) in [5, 5.41) is 11.8. The Morgan fingerprint density at radius 2 is 1.92 bits per heavy atom. The Bertz CT molecular complexity index is 838. The van der Waals surface area contributed by atoms with Crippen LogP contribution in [0.1, 0.15) is 5.56 Å². The van der Waals surface area contributed by atoms with Gasteiger partial charge in [0.2, 0.25) is 0 Å². The van der Waals surface area contributed by atoms with Crippen LogP contribution in [0.25, 0.3) is 6.08 Å². The number of nitrogens with zero attached hydrogens (tertiary/aromatic N) is 1. The van der Waals surface area contributed by atoms with Gasteiger partial charge in [-0.1, -0.05) is 12.1 Å². The molecule has 0 saturated heterocycles. The first-order valence-corrected chi connectivity index (χ1v) is 7.25. The first kappa shape index (κ1) is 15.6. The number of rotatable bonds is 3. The van der Waals surface area contributed by atoms with Gasteiger partial charge >= 0.3 is 0 Å². The Kier molecular flexibility index (Phi) is 4.43. The summed E-state index contributed by atoms with van der Waals surface area (Å²) in [4.78, 5) is 12.2. The fourth-order valence-electron chi connectivity index (χ4n) is 2.25. The van der Waals surface area contributed by atoms with E-state index in [9.17, 15) is 14.4 Å². The molecular weight excluding hydrogens is 311 g/mol. The third-order valence-electron chi connectivity index (χ3n) is 3.36. The summed E-state index contributed by atoms with van der Waals surface area (Å²) in [6.45, 7) is 0.859. The number of fused-ring (bicyclic) bond motifs is 1. The van der Waals surface area contributed by atoms with Crippen LogP contribution in [0.5, 0.6) is 11.5 Å². The zero-order valence-corrected chi connectivity index (χ0v) is 12.6. The van der Waals surface area contributed by atoms with Gasteiger partial charge in [0.05, 0.1) is 0 Å². The number of hydrogen-bond donors (Lipinski definition) is 1. The molecule has 0 radical (unpaired) electrons. The van der Waals surface area contributed by atoms with Crippen molar-refractivity contribution in [2.75, 3.05) is 18.5 Å². The molecule has 1 aliphatic heterocycles. The molecule has 0 saturated carbocycles. The van der Waals surface area contributed by atoms with Crippen LogP contribution in [-0.4, -0.2) is 19.1 Å². The normalized spacial score (nSPS) is 13.1. The van der Waals surface area contributed by atoms with Crippen molar-refractivity contribution in [3.63, 3.8) is 0 Å². The van der Waals surface area contributed by atoms with Crippen molar-refractivity contribution in [2.24, 2.45) is 0 Å². The van der Waals surface area contributed by atoms with Crippen LogP contribution in [0, 0.1) is 17.1 Å². The maximum atomic E-state index is 12.9. The summed E-state index contributed by atoms with van der Waals surface area (Å²) in [6.07, 6.45) is 1.44. The van der Waals surface area contributed by atoms with Crippen molar-refractivity contribution in [1.29, 1.82) is 5.26 Å². The largest absolute Gasteiger partial charge is 0.486 e. The minimum Gasteiger partial charge on any atom is -0.486 e. The molecule has 2 aromatic rings. The summed E-state index contributed by atoms with van der Waals surface area (Å²) < 4.78 is 23.9. The van der Waals surface area contributed by atoms with E-state index in [4.69, 9.17) is 9.47 Å². The van der Waals surface area contributed by atoms with Crippen LogP contribution in [0.15, 0.2) is 48.0 Å². The number of nitrogens with one attached hydrogen (secondary N) is 1. The molecule has 3 rings (SSSR count). The number of amides is 1. The molecule has 6 heteroatoms. The number of carbonyl (C=O) groups excluding carboxylic acids is 1. The zero-order chi connectivity index (χ0) is 16.9. The molecule has 0 bridgehead atoms. The van der Waals surface area contributed by atoms with Crippen molar-refractivity contribution in [3.8, 4) is 17.6 Å². The number of para-hydroxylation sites is 1. The summed E-state index contributed by atoms with van der Waals surface area (Å²) in [7, 11) is 0. The number of carbonyl (C=O) groups is 1. The summed E-state index contributed by atoms with van der Waals surface area (Å²) in [5.74, 6) is 0.0906. The predicted octanol–water partition coefficient (Wildman–Crippen LogP) is 3.14. The van der Waals surface area contributed by atoms with Gasteiger partial charge in [-0.3, -0.25) is 4.79 Å². The average Bonchev–Trinajstić information content (AvgIpc) is 2.61. The van der Waals surface area contributed by atoms with Gasteiger partial charge < -0.3 is 14.8 Å². The molecule has 0 unspecified atom stereocenters. The summed E-state index contributed by atoms with van der Waals surface area (Å²) in [6, 6.07) is 12.4. The van der Waals surface area contributed by atoms with E-state index in [1.54, 1.807) is 18.2 Å². The lowest BCUT2D eigenvalue weighted by Crippen LogP contribution is -2.16. The monoisotopic (exact) mass is 324 g/mol. The fraction of sp³-hybridized carbons (Fsp3) is 0.111. The van der Waals surface area contributed by atoms with Gasteiger partial charge in [0, 0.05) is 11.3 Å². The molecule has 5 nitrogen and oxygen atoms in total. The van der Waals surface area contributed by atoms with E-state index < -0.39 is 11.7 Å². The molecule has 120 valence electrons. The molecule has 0 fully saturated rings. The van der Waals surface area contributed by atoms with Crippen LogP contribution in [0.2, 0.25) is 0 Å². The van der Waals surface area contributed by atoms with Gasteiger partial charge in [-0.2, -0.15) is 5.26 Å². The predicted molar refractivity (Wildman–Crippen MR) is 86.1 cm³/mol. The number of anilines is 1. The van der Waals surface area contributed by atoms with E-state index >= 15 is 0 Å². The average molecular weight is 324 g/mol. The molecule has 1 heterocycles. The Labute approximate surface area is 137 Å². The van der Waals surface area contributed by atoms with Crippen molar-refractivity contribution >= 4 is 17.7 Å². The highest BCUT2D eigenvalue weighted by Gasteiger charge is 2.16. The molecule has 1 aliphatic rings. The fourth-order valence-corrected chi connectivity index (χ4v) is 2.25. The Morgan fingerprint density at radius 1 is 1.17 bits per heavy atom. The molecule has 0 aliphatic carbocycles. The van der Waals surface area contributed by atoms with E-state index in [2.05, 4.69) is 5.32 Å². The Balaban J connectivity index is 1.86. The highest BCUT2D eigenvalue weighted by molar-refractivity contribution is 6.09. The van der Waals surface area contributed by atoms with Gasteiger partial charge in [-0.25, -0.2) is 4.39 Å². The highest BCUT2D eigenvalue weighted by atomic mass is 19.1. The molecule has 2 aromatic carbocycles. The van der Waals surface area contributed by atoms with Gasteiger partial charge in [0.15, 0.2) is 11.5 Å². The van der Waals surface area contributed by atoms with Gasteiger partial charge in [-0.05, 0) is 36.4 Å². The van der Waals surface area contributed by atoms with Crippen molar-refractivity contribution in [3.05, 3.63) is 59.4 Å². The van der Waals surface area contributed by atoms with Crippen molar-refractivity contribution < 1.29 is 18.7 Å². The lowest BCUT2D eigenvalue weighted by Gasteiger charge is -2.19. The first-order chi connectivity index (χ1) is 11.7. The molecule has 1 N–H and O–H groups in total. The first-order valence-electron chi connectivity index (χ1n) is 7.25. The summed E-state index contributed by atoms with van der Waals surface area (Å²) in [5.41, 5.74) is 0.886. The highest BCUT2D eigenvalue weighted by Crippen LogP contribution is 2.34. The van der Waals surface area contributed by atoms with E-state index in [1.807, 2.05) is 6.07 Å². The second kappa shape index (κ2) is 6.84. The van der Waals surface area contributed by atoms with Crippen LogP contribution in [0.3, 0.4) is 0 Å². The minimum atomic E-state index is -0.585. The van der Waals surface area contributed by atoms with E-state index in [0.717, 1.165) is 0 Å². The minimum absolute atomic E-state index is 0.0955. The quantitative estimate of drug-likeness (QED) is 0.695. The number of halogens is 1. The molecule has 0 aromatic heterocycles. The van der Waals surface area contributed by atoms with E-state index in [1.165, 1.54) is 30.3 Å². The molecule has 24 heavy (non-hydrogen) atoms. The van der Waals surface area contributed by atoms with Crippen molar-refractivity contribution in [1.82, 2.24) is 0 Å². The third-order valence-corrected chi connectivity index (χ3v) is 3.36. The Morgan fingerprint density at radius 3 is 2.67 bits per heavy atom. The lowest BCUT2D eigenvalue weighted by atomic mass is 10.1. The SMILES string of the molecule is N#C/C(=C/c1cccc2c1OCCO2)C(=O)Nc1ccc(F)cc1. The third kappa shape index (κ3) is 3.36. The van der Waals surface area contributed by atoms with E-state index in [0.29, 0.717) is 36.0 Å². The second-order valence-corrected chi connectivity index (χ2v) is 5.00. The van der Waals surface area contributed by atoms with E-state index in [-0.39, 0.29) is 5.57 Å². The zero-order valence-electron chi connectivity index (χ0n) is 12.6. The molecular formula is C18H13FN2O3. The van der Waals surface area contributed by atoms with Crippen LogP contribution in [0.4, 0.5) is 10.1 Å². The number of hydrogen-bond acceptors (Lipinski definition) is 4. The summed E-state index contributed by atoms with van der Waals surface area (Å²) >= 11 is 0. The maximum absolute atomic E-state index is 12.9. The smallest absolute Gasteiger partial charge is 0.266 e. The number of nitriles is 1. The van der Waals surface area contributed by atoms with Crippen LogP contribution in [-0.2, 0) is 4.79 Å². The maximum Gasteiger partial charge on any atom is 0.266 e. The van der Waals surface area contributed by atoms with Gasteiger partial charge in [0.25, 0.3) is 5.91 Å². The van der Waals surface area contributed by atoms with Gasteiger partial charge in [-0.15, -0.1) is 0 Å². The Hall–Kier alpha value is -3.33. The van der Waals surface area contributed by atoms with Crippen LogP contribution < -0.4 is 14.8 Å². The number of ether oxygens (including phenoxy) is 2. The number of benzene rings is 2. The standard InChI is InChI=1S/C18H13FN2O3/c19-14-4-6-15(7-5-14)21-18(22)13(11-20)10-12-2-1-3-16-17(12)24-9-8-23-16/h1-7,10H,8-9H2,(H,21,22)/b13-10-. The molecule has 1 amide bonds. The van der Waals surface area contributed by atoms with Crippen LogP contribution >= 0.6 is 0 Å².